The van der Waals surface area contributed by atoms with E-state index in [4.69, 9.17) is 0 Å². The second-order valence-electron chi connectivity index (χ2n) is 6.00. The number of hydrogen-bond acceptors (Lipinski definition) is 2. The van der Waals surface area contributed by atoms with Gasteiger partial charge in [0.2, 0.25) is 0 Å². The molecule has 2 nitrogen and oxygen atoms in total. The largest absolute Gasteiger partial charge is 0.317 e. The fraction of sp³-hybridized carbons (Fsp3) is 1.00. The molecule has 0 aromatic rings. The van der Waals surface area contributed by atoms with E-state index in [9.17, 15) is 0 Å². The van der Waals surface area contributed by atoms with Crippen molar-refractivity contribution in [3.8, 4) is 0 Å². The molecule has 2 heterocycles. The van der Waals surface area contributed by atoms with E-state index in [1.54, 1.807) is 0 Å². The summed E-state index contributed by atoms with van der Waals surface area (Å²) in [6, 6.07) is 0.864. The van der Waals surface area contributed by atoms with Gasteiger partial charge in [0.1, 0.15) is 0 Å². The van der Waals surface area contributed by atoms with Gasteiger partial charge in [0.25, 0.3) is 0 Å². The van der Waals surface area contributed by atoms with Crippen molar-refractivity contribution < 1.29 is 0 Å². The Kier molecular flexibility index (Phi) is 6.83. The molecule has 2 rings (SSSR count). The number of nitrogens with one attached hydrogen (secondary N) is 1. The van der Waals surface area contributed by atoms with Gasteiger partial charge in [0.05, 0.1) is 0 Å². The van der Waals surface area contributed by atoms with E-state index in [1.807, 2.05) is 0 Å². The van der Waals surface area contributed by atoms with Gasteiger partial charge in [0.15, 0.2) is 0 Å². The summed E-state index contributed by atoms with van der Waals surface area (Å²) in [5.74, 6) is 1.79. The lowest BCUT2D eigenvalue weighted by molar-refractivity contribution is 0.0863. The van der Waals surface area contributed by atoms with Gasteiger partial charge in [-0.3, -0.25) is 4.90 Å². The molecule has 2 aliphatic heterocycles. The van der Waals surface area contributed by atoms with Crippen LogP contribution in [0.5, 0.6) is 0 Å². The Labute approximate surface area is 113 Å². The molecular formula is C14H29ClN2. The van der Waals surface area contributed by atoms with Crippen LogP contribution in [0.25, 0.3) is 0 Å². The van der Waals surface area contributed by atoms with Crippen LogP contribution < -0.4 is 5.32 Å². The maximum Gasteiger partial charge on any atom is 0.0118 e. The van der Waals surface area contributed by atoms with Crippen molar-refractivity contribution in [2.45, 2.75) is 52.0 Å². The number of hydrogen-bond donors (Lipinski definition) is 1. The number of halogens is 1. The Morgan fingerprint density at radius 3 is 2.47 bits per heavy atom. The SMILES string of the molecule is CC(C)C1CCCCN1CC1CCNCC1.Cl. The molecule has 1 atom stereocenters. The maximum absolute atomic E-state index is 3.47. The van der Waals surface area contributed by atoms with Gasteiger partial charge in [-0.1, -0.05) is 20.3 Å². The van der Waals surface area contributed by atoms with Crippen LogP contribution in [0.15, 0.2) is 0 Å². The first kappa shape index (κ1) is 15.3. The van der Waals surface area contributed by atoms with Crippen molar-refractivity contribution in [1.82, 2.24) is 10.2 Å². The standard InChI is InChI=1S/C14H28N2.ClH/c1-12(2)14-5-3-4-10-16(14)11-13-6-8-15-9-7-13;/h12-15H,3-11H2,1-2H3;1H. The first-order chi connectivity index (χ1) is 7.77. The van der Waals surface area contributed by atoms with Gasteiger partial charge in [-0.25, -0.2) is 0 Å². The highest BCUT2D eigenvalue weighted by atomic mass is 35.5. The van der Waals surface area contributed by atoms with E-state index >= 15 is 0 Å². The summed E-state index contributed by atoms with van der Waals surface area (Å²) >= 11 is 0. The minimum Gasteiger partial charge on any atom is -0.317 e. The number of likely N-dealkylation sites (tertiary alicyclic amines) is 1. The quantitative estimate of drug-likeness (QED) is 0.840. The third-order valence-electron chi connectivity index (χ3n) is 4.39. The first-order valence-electron chi connectivity index (χ1n) is 7.22. The third kappa shape index (κ3) is 4.42. The number of piperidine rings is 2. The summed E-state index contributed by atoms with van der Waals surface area (Å²) in [6.45, 7) is 9.99. The highest BCUT2D eigenvalue weighted by Crippen LogP contribution is 2.25. The zero-order valence-corrected chi connectivity index (χ0v) is 12.3. The Balaban J connectivity index is 0.00000144. The summed E-state index contributed by atoms with van der Waals surface area (Å²) in [5, 5.41) is 3.47. The summed E-state index contributed by atoms with van der Waals surface area (Å²) < 4.78 is 0. The fourth-order valence-electron chi connectivity index (χ4n) is 3.39. The van der Waals surface area contributed by atoms with Crippen LogP contribution in [0.3, 0.4) is 0 Å². The van der Waals surface area contributed by atoms with Gasteiger partial charge in [-0.2, -0.15) is 0 Å². The van der Waals surface area contributed by atoms with Crippen LogP contribution in [0.4, 0.5) is 0 Å². The average Bonchev–Trinajstić information content (AvgIpc) is 2.31. The lowest BCUT2D eigenvalue weighted by Gasteiger charge is -2.41. The predicted molar refractivity (Wildman–Crippen MR) is 76.9 cm³/mol. The summed E-state index contributed by atoms with van der Waals surface area (Å²) in [4.78, 5) is 2.80. The first-order valence-corrected chi connectivity index (χ1v) is 7.22. The molecular weight excluding hydrogens is 232 g/mol. The molecule has 0 amide bonds. The van der Waals surface area contributed by atoms with Crippen molar-refractivity contribution in [2.24, 2.45) is 11.8 Å². The minimum atomic E-state index is 0. The van der Waals surface area contributed by atoms with Crippen molar-refractivity contribution in [3.05, 3.63) is 0 Å². The monoisotopic (exact) mass is 260 g/mol. The molecule has 2 aliphatic rings. The van der Waals surface area contributed by atoms with Gasteiger partial charge in [-0.05, 0) is 57.2 Å². The van der Waals surface area contributed by atoms with Crippen LogP contribution in [0.2, 0.25) is 0 Å². The molecule has 0 spiro atoms. The molecule has 17 heavy (non-hydrogen) atoms. The molecule has 0 aromatic carbocycles. The van der Waals surface area contributed by atoms with E-state index in [-0.39, 0.29) is 12.4 Å². The lowest BCUT2D eigenvalue weighted by Crippen LogP contribution is -2.46. The molecule has 0 saturated carbocycles. The fourth-order valence-corrected chi connectivity index (χ4v) is 3.39. The molecule has 2 fully saturated rings. The highest BCUT2D eigenvalue weighted by Gasteiger charge is 2.27. The number of nitrogens with zero attached hydrogens (tertiary/aromatic N) is 1. The molecule has 3 heteroatoms. The second kappa shape index (κ2) is 7.60. The van der Waals surface area contributed by atoms with Gasteiger partial charge < -0.3 is 5.32 Å². The molecule has 2 saturated heterocycles. The van der Waals surface area contributed by atoms with E-state index in [2.05, 4.69) is 24.1 Å². The van der Waals surface area contributed by atoms with Crippen LogP contribution in [-0.2, 0) is 0 Å². The molecule has 0 bridgehead atoms. The van der Waals surface area contributed by atoms with Gasteiger partial charge >= 0.3 is 0 Å². The zero-order chi connectivity index (χ0) is 11.4. The summed E-state index contributed by atoms with van der Waals surface area (Å²) in [6.07, 6.45) is 7.09. The highest BCUT2D eigenvalue weighted by molar-refractivity contribution is 5.85. The van der Waals surface area contributed by atoms with Crippen LogP contribution >= 0.6 is 12.4 Å². The van der Waals surface area contributed by atoms with Crippen LogP contribution in [-0.4, -0.2) is 37.1 Å². The van der Waals surface area contributed by atoms with E-state index in [0.29, 0.717) is 0 Å². The lowest BCUT2D eigenvalue weighted by atomic mass is 9.90. The predicted octanol–water partition coefficient (Wildman–Crippen LogP) is 2.92. The van der Waals surface area contributed by atoms with E-state index in [1.165, 1.54) is 58.3 Å². The van der Waals surface area contributed by atoms with Crippen molar-refractivity contribution >= 4 is 12.4 Å². The summed E-state index contributed by atoms with van der Waals surface area (Å²) in [7, 11) is 0. The van der Waals surface area contributed by atoms with E-state index < -0.39 is 0 Å². The minimum absolute atomic E-state index is 0. The Hall–Kier alpha value is 0.210. The van der Waals surface area contributed by atoms with Crippen molar-refractivity contribution in [1.29, 1.82) is 0 Å². The summed E-state index contributed by atoms with van der Waals surface area (Å²) in [5.41, 5.74) is 0. The average molecular weight is 261 g/mol. The molecule has 102 valence electrons. The molecule has 0 aliphatic carbocycles. The molecule has 0 radical (unpaired) electrons. The second-order valence-corrected chi connectivity index (χ2v) is 6.00. The van der Waals surface area contributed by atoms with E-state index in [0.717, 1.165) is 17.9 Å². The Morgan fingerprint density at radius 1 is 1.12 bits per heavy atom. The molecule has 0 aromatic heterocycles. The zero-order valence-electron chi connectivity index (χ0n) is 11.5. The van der Waals surface area contributed by atoms with Crippen molar-refractivity contribution in [2.75, 3.05) is 26.2 Å². The van der Waals surface area contributed by atoms with Crippen LogP contribution in [0, 0.1) is 11.8 Å². The number of rotatable bonds is 3. The smallest absolute Gasteiger partial charge is 0.0118 e. The Morgan fingerprint density at radius 2 is 1.82 bits per heavy atom. The topological polar surface area (TPSA) is 15.3 Å². The van der Waals surface area contributed by atoms with Gasteiger partial charge in [0, 0.05) is 12.6 Å². The Bertz CT molecular complexity index is 202. The maximum atomic E-state index is 3.47. The molecule has 1 unspecified atom stereocenters. The molecule has 1 N–H and O–H groups in total. The van der Waals surface area contributed by atoms with Crippen molar-refractivity contribution in [3.63, 3.8) is 0 Å². The third-order valence-corrected chi connectivity index (χ3v) is 4.39. The van der Waals surface area contributed by atoms with Crippen LogP contribution in [0.1, 0.15) is 46.0 Å². The normalized spacial score (nSPS) is 28.1. The van der Waals surface area contributed by atoms with Gasteiger partial charge in [-0.15, -0.1) is 12.4 Å².